The van der Waals surface area contributed by atoms with Crippen LogP contribution in [0.3, 0.4) is 0 Å². The molecule has 1 heterocycles. The highest BCUT2D eigenvalue weighted by molar-refractivity contribution is 6.05. The van der Waals surface area contributed by atoms with Crippen molar-refractivity contribution in [3.63, 3.8) is 0 Å². The molecule has 152 valence electrons. The average Bonchev–Trinajstić information content (AvgIpc) is 3.05. The third-order valence-electron chi connectivity index (χ3n) is 5.66. The summed E-state index contributed by atoms with van der Waals surface area (Å²) in [6, 6.07) is 22.2. The Morgan fingerprint density at radius 1 is 1.00 bits per heavy atom. The Balaban J connectivity index is 1.72. The molecule has 1 unspecified atom stereocenters. The third kappa shape index (κ3) is 3.47. The lowest BCUT2D eigenvalue weighted by Crippen LogP contribution is -2.48. The van der Waals surface area contributed by atoms with Gasteiger partial charge in [0.05, 0.1) is 5.54 Å². The van der Waals surface area contributed by atoms with Gasteiger partial charge in [-0.3, -0.25) is 9.59 Å². The molecule has 2 amide bonds. The number of nitrogens with one attached hydrogen (secondary N) is 1. The van der Waals surface area contributed by atoms with Gasteiger partial charge >= 0.3 is 0 Å². The van der Waals surface area contributed by atoms with E-state index in [0.29, 0.717) is 17.7 Å². The highest BCUT2D eigenvalue weighted by atomic mass is 19.1. The topological polar surface area (TPSA) is 49.4 Å². The number of benzene rings is 3. The maximum absolute atomic E-state index is 14.1. The number of rotatable bonds is 5. The van der Waals surface area contributed by atoms with E-state index in [0.717, 1.165) is 11.1 Å². The Hall–Kier alpha value is -3.47. The Morgan fingerprint density at radius 2 is 1.63 bits per heavy atom. The fourth-order valence-electron chi connectivity index (χ4n) is 4.04. The van der Waals surface area contributed by atoms with E-state index in [4.69, 9.17) is 0 Å². The summed E-state index contributed by atoms with van der Waals surface area (Å²) in [5.41, 5.74) is 1.83. The standard InChI is InChI=1S/C25H23FN2O2/c1-25(2,18-11-7-4-8-12-18)28-22(21-15-19(26)13-14-20(21)24(28)30)23(29)27-16-17-9-5-3-6-10-17/h3-15,22H,16H2,1-2H3,(H,27,29). The fourth-order valence-corrected chi connectivity index (χ4v) is 4.04. The molecular weight excluding hydrogens is 379 g/mol. The van der Waals surface area contributed by atoms with Crippen LogP contribution in [0.4, 0.5) is 4.39 Å². The molecular formula is C25H23FN2O2. The normalized spacial score (nSPS) is 15.8. The van der Waals surface area contributed by atoms with Crippen LogP contribution in [0.25, 0.3) is 0 Å². The third-order valence-corrected chi connectivity index (χ3v) is 5.66. The first-order valence-corrected chi connectivity index (χ1v) is 9.90. The van der Waals surface area contributed by atoms with E-state index in [-0.39, 0.29) is 11.8 Å². The van der Waals surface area contributed by atoms with Gasteiger partial charge in [0.15, 0.2) is 0 Å². The predicted molar refractivity (Wildman–Crippen MR) is 113 cm³/mol. The molecule has 3 aromatic carbocycles. The lowest BCUT2D eigenvalue weighted by atomic mass is 9.90. The van der Waals surface area contributed by atoms with Gasteiger partial charge in [-0.15, -0.1) is 0 Å². The molecule has 0 fully saturated rings. The Labute approximate surface area is 175 Å². The molecule has 1 aliphatic rings. The summed E-state index contributed by atoms with van der Waals surface area (Å²) in [7, 11) is 0. The van der Waals surface area contributed by atoms with Gasteiger partial charge in [-0.1, -0.05) is 60.7 Å². The van der Waals surface area contributed by atoms with Gasteiger partial charge in [0.1, 0.15) is 11.9 Å². The van der Waals surface area contributed by atoms with E-state index in [1.807, 2.05) is 74.5 Å². The molecule has 5 heteroatoms. The molecule has 30 heavy (non-hydrogen) atoms. The first kappa shape index (κ1) is 19.8. The zero-order valence-corrected chi connectivity index (χ0v) is 16.9. The number of amides is 2. The van der Waals surface area contributed by atoms with Crippen LogP contribution in [-0.4, -0.2) is 16.7 Å². The second-order valence-electron chi connectivity index (χ2n) is 7.94. The SMILES string of the molecule is CC(C)(c1ccccc1)N1C(=O)c2ccc(F)cc2C1C(=O)NCc1ccccc1. The van der Waals surface area contributed by atoms with Crippen LogP contribution in [0.2, 0.25) is 0 Å². The van der Waals surface area contributed by atoms with Crippen molar-refractivity contribution in [2.45, 2.75) is 32.0 Å². The van der Waals surface area contributed by atoms with Crippen LogP contribution in [0.1, 0.15) is 46.9 Å². The smallest absolute Gasteiger partial charge is 0.255 e. The molecule has 0 saturated carbocycles. The molecule has 0 aromatic heterocycles. The molecule has 0 radical (unpaired) electrons. The molecule has 1 N–H and O–H groups in total. The second kappa shape index (κ2) is 7.75. The maximum Gasteiger partial charge on any atom is 0.255 e. The van der Waals surface area contributed by atoms with Crippen molar-refractivity contribution in [1.29, 1.82) is 0 Å². The minimum absolute atomic E-state index is 0.279. The quantitative estimate of drug-likeness (QED) is 0.679. The van der Waals surface area contributed by atoms with E-state index in [1.54, 1.807) is 4.90 Å². The first-order chi connectivity index (χ1) is 14.4. The van der Waals surface area contributed by atoms with E-state index in [1.165, 1.54) is 18.2 Å². The summed E-state index contributed by atoms with van der Waals surface area (Å²) >= 11 is 0. The minimum atomic E-state index is -0.915. The van der Waals surface area contributed by atoms with Gasteiger partial charge < -0.3 is 10.2 Å². The van der Waals surface area contributed by atoms with Crippen LogP contribution >= 0.6 is 0 Å². The van der Waals surface area contributed by atoms with E-state index >= 15 is 0 Å². The summed E-state index contributed by atoms with van der Waals surface area (Å²) in [5, 5.41) is 2.92. The number of carbonyl (C=O) groups is 2. The zero-order valence-electron chi connectivity index (χ0n) is 16.9. The summed E-state index contributed by atoms with van der Waals surface area (Å²) in [4.78, 5) is 28.2. The number of fused-ring (bicyclic) bond motifs is 1. The van der Waals surface area contributed by atoms with Gasteiger partial charge in [0, 0.05) is 12.1 Å². The molecule has 3 aromatic rings. The van der Waals surface area contributed by atoms with Crippen LogP contribution in [0.15, 0.2) is 78.9 Å². The minimum Gasteiger partial charge on any atom is -0.350 e. The highest BCUT2D eigenvalue weighted by Gasteiger charge is 2.48. The van der Waals surface area contributed by atoms with Crippen LogP contribution in [0, 0.1) is 5.82 Å². The Bertz CT molecular complexity index is 1080. The van der Waals surface area contributed by atoms with E-state index in [2.05, 4.69) is 5.32 Å². The molecule has 0 saturated heterocycles. The summed E-state index contributed by atoms with van der Waals surface area (Å²) in [6.45, 7) is 4.13. The van der Waals surface area contributed by atoms with Crippen molar-refractivity contribution in [3.05, 3.63) is 107 Å². The predicted octanol–water partition coefficient (Wildman–Crippen LogP) is 4.57. The fraction of sp³-hybridized carbons (Fsp3) is 0.200. The number of nitrogens with zero attached hydrogens (tertiary/aromatic N) is 1. The maximum atomic E-state index is 14.1. The highest BCUT2D eigenvalue weighted by Crippen LogP contribution is 2.43. The van der Waals surface area contributed by atoms with Gasteiger partial charge in [0.25, 0.3) is 5.91 Å². The number of hydrogen-bond acceptors (Lipinski definition) is 2. The second-order valence-corrected chi connectivity index (χ2v) is 7.94. The first-order valence-electron chi connectivity index (χ1n) is 9.90. The van der Waals surface area contributed by atoms with Crippen LogP contribution < -0.4 is 5.32 Å². The lowest BCUT2D eigenvalue weighted by Gasteiger charge is -2.40. The van der Waals surface area contributed by atoms with Gasteiger partial charge in [-0.05, 0) is 48.7 Å². The van der Waals surface area contributed by atoms with Crippen molar-refractivity contribution in [3.8, 4) is 0 Å². The van der Waals surface area contributed by atoms with Crippen molar-refractivity contribution >= 4 is 11.8 Å². The molecule has 0 aliphatic carbocycles. The van der Waals surface area contributed by atoms with Crippen molar-refractivity contribution < 1.29 is 14.0 Å². The van der Waals surface area contributed by atoms with Gasteiger partial charge in [-0.25, -0.2) is 4.39 Å². The average molecular weight is 402 g/mol. The molecule has 4 nitrogen and oxygen atoms in total. The largest absolute Gasteiger partial charge is 0.350 e. The van der Waals surface area contributed by atoms with Crippen molar-refractivity contribution in [1.82, 2.24) is 10.2 Å². The Kier molecular flexibility index (Phi) is 5.12. The zero-order chi connectivity index (χ0) is 21.3. The van der Waals surface area contributed by atoms with E-state index in [9.17, 15) is 14.0 Å². The monoisotopic (exact) mass is 402 g/mol. The molecule has 1 atom stereocenters. The van der Waals surface area contributed by atoms with E-state index < -0.39 is 17.4 Å². The van der Waals surface area contributed by atoms with Crippen LogP contribution in [-0.2, 0) is 16.9 Å². The molecule has 0 spiro atoms. The lowest BCUT2D eigenvalue weighted by molar-refractivity contribution is -0.127. The van der Waals surface area contributed by atoms with Crippen molar-refractivity contribution in [2.24, 2.45) is 0 Å². The number of hydrogen-bond donors (Lipinski definition) is 1. The van der Waals surface area contributed by atoms with Gasteiger partial charge in [-0.2, -0.15) is 0 Å². The summed E-state index contributed by atoms with van der Waals surface area (Å²) < 4.78 is 14.1. The summed E-state index contributed by atoms with van der Waals surface area (Å²) in [5.74, 6) is -1.08. The summed E-state index contributed by atoms with van der Waals surface area (Å²) in [6.07, 6.45) is 0. The van der Waals surface area contributed by atoms with Crippen molar-refractivity contribution in [2.75, 3.05) is 0 Å². The van der Waals surface area contributed by atoms with Gasteiger partial charge in [0.2, 0.25) is 5.91 Å². The molecule has 4 rings (SSSR count). The van der Waals surface area contributed by atoms with Crippen LogP contribution in [0.5, 0.6) is 0 Å². The number of carbonyl (C=O) groups excluding carboxylic acids is 2. The molecule has 0 bridgehead atoms. The number of halogens is 1. The molecule has 1 aliphatic heterocycles. The Morgan fingerprint density at radius 3 is 2.30 bits per heavy atom.